The minimum absolute atomic E-state index is 0.302. The number of fused-ring (bicyclic) bond motifs is 1. The van der Waals surface area contributed by atoms with Crippen LogP contribution in [0.5, 0.6) is 5.75 Å². The van der Waals surface area contributed by atoms with Gasteiger partial charge in [-0.1, -0.05) is 29.8 Å². The fraction of sp³-hybridized carbons (Fsp3) is 0.571. The minimum atomic E-state index is 0.302. The summed E-state index contributed by atoms with van der Waals surface area (Å²) in [4.78, 5) is 0. The topological polar surface area (TPSA) is 21.3 Å². The number of hydrogen-bond acceptors (Lipinski definition) is 2. The zero-order valence-electron chi connectivity index (χ0n) is 10.3. The van der Waals surface area contributed by atoms with Crippen LogP contribution in [0.2, 0.25) is 0 Å². The molecule has 92 valence electrons. The predicted molar refractivity (Wildman–Crippen MR) is 72.5 cm³/mol. The van der Waals surface area contributed by atoms with Crippen molar-refractivity contribution >= 4 is 15.9 Å². The van der Waals surface area contributed by atoms with Gasteiger partial charge in [0.15, 0.2) is 0 Å². The van der Waals surface area contributed by atoms with Crippen molar-refractivity contribution < 1.29 is 4.74 Å². The second-order valence-corrected chi connectivity index (χ2v) is 6.77. The molecule has 1 aromatic carbocycles. The van der Waals surface area contributed by atoms with Gasteiger partial charge in [-0.2, -0.15) is 0 Å². The van der Waals surface area contributed by atoms with Crippen LogP contribution < -0.4 is 10.1 Å². The molecule has 1 aliphatic carbocycles. The third-order valence-corrected chi connectivity index (χ3v) is 4.36. The van der Waals surface area contributed by atoms with E-state index in [4.69, 9.17) is 4.74 Å². The quantitative estimate of drug-likeness (QED) is 0.925. The SMILES string of the molecule is CC1(C)CC1NCC1Cc2cc(Br)ccc2O1. The highest BCUT2D eigenvalue weighted by Gasteiger charge is 2.45. The highest BCUT2D eigenvalue weighted by molar-refractivity contribution is 9.10. The average molecular weight is 296 g/mol. The third kappa shape index (κ3) is 2.36. The van der Waals surface area contributed by atoms with Gasteiger partial charge >= 0.3 is 0 Å². The fourth-order valence-electron chi connectivity index (χ4n) is 2.49. The molecule has 1 aromatic rings. The zero-order chi connectivity index (χ0) is 12.0. The first-order valence-electron chi connectivity index (χ1n) is 6.23. The van der Waals surface area contributed by atoms with Crippen molar-refractivity contribution in [2.24, 2.45) is 5.41 Å². The van der Waals surface area contributed by atoms with E-state index in [0.29, 0.717) is 17.6 Å². The molecule has 0 bridgehead atoms. The van der Waals surface area contributed by atoms with Gasteiger partial charge < -0.3 is 10.1 Å². The fourth-order valence-corrected chi connectivity index (χ4v) is 2.90. The summed E-state index contributed by atoms with van der Waals surface area (Å²) < 4.78 is 7.06. The second kappa shape index (κ2) is 3.99. The first kappa shape index (κ1) is 11.5. The second-order valence-electron chi connectivity index (χ2n) is 5.85. The van der Waals surface area contributed by atoms with Crippen molar-refractivity contribution in [1.82, 2.24) is 5.32 Å². The summed E-state index contributed by atoms with van der Waals surface area (Å²) in [5.74, 6) is 1.05. The summed E-state index contributed by atoms with van der Waals surface area (Å²) in [6.07, 6.45) is 2.61. The summed E-state index contributed by atoms with van der Waals surface area (Å²) >= 11 is 3.50. The van der Waals surface area contributed by atoms with E-state index in [2.05, 4.69) is 47.2 Å². The number of rotatable bonds is 3. The Balaban J connectivity index is 1.56. The van der Waals surface area contributed by atoms with E-state index in [-0.39, 0.29) is 0 Å². The maximum atomic E-state index is 5.92. The van der Waals surface area contributed by atoms with Crippen LogP contribution in [0.1, 0.15) is 25.8 Å². The normalized spacial score (nSPS) is 28.6. The summed E-state index contributed by atoms with van der Waals surface area (Å²) in [6, 6.07) is 6.94. The van der Waals surface area contributed by atoms with Gasteiger partial charge in [0.25, 0.3) is 0 Å². The molecule has 0 radical (unpaired) electrons. The Kier molecular flexibility index (Phi) is 2.71. The summed E-state index contributed by atoms with van der Waals surface area (Å²) in [7, 11) is 0. The maximum absolute atomic E-state index is 5.92. The van der Waals surface area contributed by atoms with Crippen molar-refractivity contribution in [3.63, 3.8) is 0 Å². The molecule has 2 aliphatic rings. The molecule has 3 rings (SSSR count). The van der Waals surface area contributed by atoms with Crippen molar-refractivity contribution in [1.29, 1.82) is 0 Å². The lowest BCUT2D eigenvalue weighted by Crippen LogP contribution is -2.33. The highest BCUT2D eigenvalue weighted by atomic mass is 79.9. The Bertz CT molecular complexity index is 444. The lowest BCUT2D eigenvalue weighted by Gasteiger charge is -2.12. The molecular weight excluding hydrogens is 278 g/mol. The van der Waals surface area contributed by atoms with Crippen LogP contribution in [-0.2, 0) is 6.42 Å². The number of benzene rings is 1. The average Bonchev–Trinajstić information content (AvgIpc) is 2.71. The Hall–Kier alpha value is -0.540. The maximum Gasteiger partial charge on any atom is 0.123 e. The van der Waals surface area contributed by atoms with Gasteiger partial charge in [0, 0.05) is 23.5 Å². The summed E-state index contributed by atoms with van der Waals surface area (Å²) in [5, 5.41) is 3.60. The minimum Gasteiger partial charge on any atom is -0.488 e. The van der Waals surface area contributed by atoms with Crippen LogP contribution in [0.25, 0.3) is 0 Å². The van der Waals surface area contributed by atoms with Crippen molar-refractivity contribution in [2.75, 3.05) is 6.54 Å². The molecule has 2 atom stereocenters. The van der Waals surface area contributed by atoms with Crippen molar-refractivity contribution in [2.45, 2.75) is 38.8 Å². The zero-order valence-corrected chi connectivity index (χ0v) is 11.9. The molecule has 3 heteroatoms. The van der Waals surface area contributed by atoms with Crippen LogP contribution in [0, 0.1) is 5.41 Å². The molecule has 1 aliphatic heterocycles. The first-order valence-corrected chi connectivity index (χ1v) is 7.02. The van der Waals surface area contributed by atoms with Gasteiger partial charge in [0.05, 0.1) is 0 Å². The molecule has 2 unspecified atom stereocenters. The van der Waals surface area contributed by atoms with E-state index in [0.717, 1.165) is 23.2 Å². The molecule has 0 amide bonds. The standard InChI is InChI=1S/C14H18BrNO/c1-14(2)7-13(14)16-8-11-6-9-5-10(15)3-4-12(9)17-11/h3-5,11,13,16H,6-8H2,1-2H3. The molecule has 2 nitrogen and oxygen atoms in total. The lowest BCUT2D eigenvalue weighted by atomic mass is 10.1. The largest absolute Gasteiger partial charge is 0.488 e. The summed E-state index contributed by atoms with van der Waals surface area (Å²) in [6.45, 7) is 5.58. The lowest BCUT2D eigenvalue weighted by molar-refractivity contribution is 0.225. The van der Waals surface area contributed by atoms with Gasteiger partial charge in [0.2, 0.25) is 0 Å². The van der Waals surface area contributed by atoms with Gasteiger partial charge in [0.1, 0.15) is 11.9 Å². The Morgan fingerprint density at radius 3 is 2.94 bits per heavy atom. The van der Waals surface area contributed by atoms with Gasteiger partial charge in [-0.05, 0) is 35.6 Å². The molecule has 1 fully saturated rings. The number of hydrogen-bond donors (Lipinski definition) is 1. The van der Waals surface area contributed by atoms with Crippen molar-refractivity contribution in [3.8, 4) is 5.75 Å². The van der Waals surface area contributed by atoms with E-state index >= 15 is 0 Å². The molecule has 0 spiro atoms. The van der Waals surface area contributed by atoms with Crippen LogP contribution in [0.4, 0.5) is 0 Å². The van der Waals surface area contributed by atoms with Gasteiger partial charge in [-0.15, -0.1) is 0 Å². The number of halogens is 1. The molecule has 1 N–H and O–H groups in total. The smallest absolute Gasteiger partial charge is 0.123 e. The molecule has 0 saturated heterocycles. The van der Waals surface area contributed by atoms with Crippen LogP contribution in [0.3, 0.4) is 0 Å². The van der Waals surface area contributed by atoms with E-state index in [1.165, 1.54) is 12.0 Å². The highest BCUT2D eigenvalue weighted by Crippen LogP contribution is 2.44. The molecule has 1 heterocycles. The Labute approximate surface area is 111 Å². The number of nitrogens with one attached hydrogen (secondary N) is 1. The van der Waals surface area contributed by atoms with Gasteiger partial charge in [-0.3, -0.25) is 0 Å². The van der Waals surface area contributed by atoms with E-state index in [9.17, 15) is 0 Å². The third-order valence-electron chi connectivity index (χ3n) is 3.87. The summed E-state index contributed by atoms with van der Waals surface area (Å²) in [5.41, 5.74) is 1.82. The van der Waals surface area contributed by atoms with Crippen LogP contribution in [0.15, 0.2) is 22.7 Å². The molecule has 1 saturated carbocycles. The number of ether oxygens (including phenoxy) is 1. The predicted octanol–water partition coefficient (Wildman–Crippen LogP) is 3.14. The van der Waals surface area contributed by atoms with Crippen molar-refractivity contribution in [3.05, 3.63) is 28.2 Å². The Morgan fingerprint density at radius 1 is 1.47 bits per heavy atom. The molecule has 17 heavy (non-hydrogen) atoms. The van der Waals surface area contributed by atoms with Gasteiger partial charge in [-0.25, -0.2) is 0 Å². The van der Waals surface area contributed by atoms with Crippen LogP contribution >= 0.6 is 15.9 Å². The monoisotopic (exact) mass is 295 g/mol. The Morgan fingerprint density at radius 2 is 2.24 bits per heavy atom. The molecule has 0 aromatic heterocycles. The van der Waals surface area contributed by atoms with Crippen LogP contribution in [-0.4, -0.2) is 18.7 Å². The van der Waals surface area contributed by atoms with E-state index < -0.39 is 0 Å². The van der Waals surface area contributed by atoms with E-state index in [1.807, 2.05) is 6.07 Å². The van der Waals surface area contributed by atoms with E-state index in [1.54, 1.807) is 0 Å². The molecular formula is C14H18BrNO. The first-order chi connectivity index (χ1) is 8.04.